The Labute approximate surface area is 80.4 Å². The Morgan fingerprint density at radius 1 is 1.31 bits per heavy atom. The van der Waals surface area contributed by atoms with Crippen molar-refractivity contribution in [3.8, 4) is 0 Å². The van der Waals surface area contributed by atoms with Gasteiger partial charge in [-0.1, -0.05) is 13.8 Å². The number of carbonyl (C=O) groups excluding carboxylic acids is 1. The third-order valence-electron chi connectivity index (χ3n) is 2.13. The van der Waals surface area contributed by atoms with Crippen LogP contribution in [0.2, 0.25) is 0 Å². The molecule has 1 unspecified atom stereocenters. The highest BCUT2D eigenvalue weighted by atomic mass is 32.2. The average Bonchev–Trinajstić information content (AvgIpc) is 1.82. The maximum Gasteiger partial charge on any atom is 0.147 e. The lowest BCUT2D eigenvalue weighted by atomic mass is 9.90. The van der Waals surface area contributed by atoms with Gasteiger partial charge in [-0.05, 0) is 19.3 Å². The van der Waals surface area contributed by atoms with Crippen LogP contribution in [0.1, 0.15) is 27.2 Å². The van der Waals surface area contributed by atoms with Crippen molar-refractivity contribution >= 4 is 15.6 Å². The van der Waals surface area contributed by atoms with E-state index in [9.17, 15) is 13.2 Å². The topological polar surface area (TPSA) is 51.2 Å². The van der Waals surface area contributed by atoms with Crippen molar-refractivity contribution in [2.75, 3.05) is 12.0 Å². The molecule has 0 radical (unpaired) electrons. The van der Waals surface area contributed by atoms with Gasteiger partial charge in [0, 0.05) is 12.2 Å². The van der Waals surface area contributed by atoms with Gasteiger partial charge < -0.3 is 0 Å². The summed E-state index contributed by atoms with van der Waals surface area (Å²) >= 11 is 0. The van der Waals surface area contributed by atoms with Gasteiger partial charge in [0.05, 0.1) is 5.75 Å². The maximum absolute atomic E-state index is 11.1. The van der Waals surface area contributed by atoms with E-state index in [1.165, 1.54) is 13.2 Å². The number of Topliss-reactive ketones (excluding diaryl/α,β-unsaturated/α-hetero) is 1. The van der Waals surface area contributed by atoms with Crippen LogP contribution in [-0.2, 0) is 14.6 Å². The van der Waals surface area contributed by atoms with E-state index >= 15 is 0 Å². The van der Waals surface area contributed by atoms with Crippen LogP contribution in [0.4, 0.5) is 0 Å². The summed E-state index contributed by atoms with van der Waals surface area (Å²) in [4.78, 5) is 11.1. The first kappa shape index (κ1) is 12.6. The molecule has 3 nitrogen and oxygen atoms in total. The standard InChI is InChI=1S/C9H18O3S/c1-7(2)9(8(3)10)5-6-13(4,11)12/h7,9H,5-6H2,1-4H3. The molecule has 0 aromatic carbocycles. The summed E-state index contributed by atoms with van der Waals surface area (Å²) in [5, 5.41) is 0. The Hall–Kier alpha value is -0.380. The average molecular weight is 206 g/mol. The summed E-state index contributed by atoms with van der Waals surface area (Å²) in [5.41, 5.74) is 0. The number of rotatable bonds is 5. The highest BCUT2D eigenvalue weighted by Gasteiger charge is 2.19. The van der Waals surface area contributed by atoms with E-state index in [0.29, 0.717) is 6.42 Å². The minimum atomic E-state index is -2.94. The zero-order chi connectivity index (χ0) is 10.6. The van der Waals surface area contributed by atoms with Crippen LogP contribution in [0.25, 0.3) is 0 Å². The van der Waals surface area contributed by atoms with Crippen molar-refractivity contribution in [3.63, 3.8) is 0 Å². The molecule has 0 bridgehead atoms. The van der Waals surface area contributed by atoms with E-state index in [2.05, 4.69) is 0 Å². The minimum absolute atomic E-state index is 0.0821. The lowest BCUT2D eigenvalue weighted by Crippen LogP contribution is -2.21. The first-order valence-electron chi connectivity index (χ1n) is 4.42. The molecule has 0 saturated heterocycles. The fourth-order valence-electron chi connectivity index (χ4n) is 1.35. The number of carbonyl (C=O) groups is 1. The molecule has 13 heavy (non-hydrogen) atoms. The zero-order valence-electron chi connectivity index (χ0n) is 8.70. The van der Waals surface area contributed by atoms with E-state index < -0.39 is 9.84 Å². The van der Waals surface area contributed by atoms with E-state index in [4.69, 9.17) is 0 Å². The highest BCUT2D eigenvalue weighted by molar-refractivity contribution is 7.90. The van der Waals surface area contributed by atoms with Crippen molar-refractivity contribution in [2.24, 2.45) is 11.8 Å². The molecule has 0 spiro atoms. The molecule has 0 aliphatic rings. The molecule has 0 rings (SSSR count). The molecule has 4 heteroatoms. The first-order valence-corrected chi connectivity index (χ1v) is 6.48. The lowest BCUT2D eigenvalue weighted by molar-refractivity contribution is -0.122. The SMILES string of the molecule is CC(=O)C(CCS(C)(=O)=O)C(C)C. The fraction of sp³-hybridized carbons (Fsp3) is 0.889. The molecule has 78 valence electrons. The van der Waals surface area contributed by atoms with Crippen LogP contribution in [0.5, 0.6) is 0 Å². The van der Waals surface area contributed by atoms with E-state index in [0.717, 1.165) is 0 Å². The molecular formula is C9H18O3S. The van der Waals surface area contributed by atoms with Crippen LogP contribution in [0, 0.1) is 11.8 Å². The number of hydrogen-bond donors (Lipinski definition) is 0. The van der Waals surface area contributed by atoms with Crippen LogP contribution in [0.3, 0.4) is 0 Å². The quantitative estimate of drug-likeness (QED) is 0.681. The van der Waals surface area contributed by atoms with Gasteiger partial charge in [0.25, 0.3) is 0 Å². The second-order valence-corrected chi connectivity index (χ2v) is 6.14. The third kappa shape index (κ3) is 5.80. The van der Waals surface area contributed by atoms with Gasteiger partial charge in [-0.25, -0.2) is 8.42 Å². The normalized spacial score (nSPS) is 14.5. The lowest BCUT2D eigenvalue weighted by Gasteiger charge is -2.16. The molecule has 0 heterocycles. The maximum atomic E-state index is 11.1. The second-order valence-electron chi connectivity index (χ2n) is 3.88. The Balaban J connectivity index is 4.22. The van der Waals surface area contributed by atoms with Crippen LogP contribution >= 0.6 is 0 Å². The van der Waals surface area contributed by atoms with E-state index in [1.807, 2.05) is 13.8 Å². The number of ketones is 1. The van der Waals surface area contributed by atoms with Crippen molar-refractivity contribution in [1.82, 2.24) is 0 Å². The van der Waals surface area contributed by atoms with Gasteiger partial charge in [-0.2, -0.15) is 0 Å². The largest absolute Gasteiger partial charge is 0.300 e. The molecule has 0 aromatic rings. The van der Waals surface area contributed by atoms with Crippen LogP contribution < -0.4 is 0 Å². The molecule has 0 saturated carbocycles. The smallest absolute Gasteiger partial charge is 0.147 e. The van der Waals surface area contributed by atoms with Gasteiger partial charge in [0.2, 0.25) is 0 Å². The minimum Gasteiger partial charge on any atom is -0.300 e. The van der Waals surface area contributed by atoms with Gasteiger partial charge >= 0.3 is 0 Å². The summed E-state index contributed by atoms with van der Waals surface area (Å²) in [6, 6.07) is 0. The Kier molecular flexibility index (Phi) is 4.61. The van der Waals surface area contributed by atoms with E-state index in [-0.39, 0.29) is 23.4 Å². The Morgan fingerprint density at radius 2 is 1.77 bits per heavy atom. The summed E-state index contributed by atoms with van der Waals surface area (Å²) in [7, 11) is -2.94. The molecule has 1 atom stereocenters. The van der Waals surface area contributed by atoms with Crippen molar-refractivity contribution in [1.29, 1.82) is 0 Å². The summed E-state index contributed by atoms with van der Waals surface area (Å²) < 4.78 is 21.7. The van der Waals surface area contributed by atoms with E-state index in [1.54, 1.807) is 0 Å². The van der Waals surface area contributed by atoms with Gasteiger partial charge in [-0.15, -0.1) is 0 Å². The molecule has 0 aliphatic heterocycles. The Bertz CT molecular complexity index is 265. The monoisotopic (exact) mass is 206 g/mol. The second kappa shape index (κ2) is 4.74. The van der Waals surface area contributed by atoms with Crippen molar-refractivity contribution in [3.05, 3.63) is 0 Å². The molecule has 0 aliphatic carbocycles. The van der Waals surface area contributed by atoms with Crippen molar-refractivity contribution in [2.45, 2.75) is 27.2 Å². The predicted molar refractivity (Wildman–Crippen MR) is 53.3 cm³/mol. The van der Waals surface area contributed by atoms with Crippen LogP contribution in [-0.4, -0.2) is 26.2 Å². The number of hydrogen-bond acceptors (Lipinski definition) is 3. The molecular weight excluding hydrogens is 188 g/mol. The molecule has 0 aromatic heterocycles. The molecule has 0 fully saturated rings. The summed E-state index contributed by atoms with van der Waals surface area (Å²) in [6.07, 6.45) is 1.65. The third-order valence-corrected chi connectivity index (χ3v) is 3.10. The molecule has 0 N–H and O–H groups in total. The molecule has 0 amide bonds. The predicted octanol–water partition coefficient (Wildman–Crippen LogP) is 1.28. The van der Waals surface area contributed by atoms with Gasteiger partial charge in [0.15, 0.2) is 0 Å². The zero-order valence-corrected chi connectivity index (χ0v) is 9.52. The van der Waals surface area contributed by atoms with Gasteiger partial charge in [0.1, 0.15) is 15.6 Å². The van der Waals surface area contributed by atoms with Crippen molar-refractivity contribution < 1.29 is 13.2 Å². The Morgan fingerprint density at radius 3 is 2.00 bits per heavy atom. The number of sulfone groups is 1. The summed E-state index contributed by atoms with van der Waals surface area (Å²) in [6.45, 7) is 5.40. The first-order chi connectivity index (χ1) is 5.74. The van der Waals surface area contributed by atoms with Crippen LogP contribution in [0.15, 0.2) is 0 Å². The fourth-order valence-corrected chi connectivity index (χ4v) is 2.03. The van der Waals surface area contributed by atoms with Gasteiger partial charge in [-0.3, -0.25) is 4.79 Å². The summed E-state index contributed by atoms with van der Waals surface area (Å²) in [5.74, 6) is 0.294. The highest BCUT2D eigenvalue weighted by Crippen LogP contribution is 2.16.